The Bertz CT molecular complexity index is 313. The molecule has 1 N–H and O–H groups in total. The third kappa shape index (κ3) is 1.40. The van der Waals surface area contributed by atoms with Crippen molar-refractivity contribution in [2.45, 2.75) is 18.3 Å². The van der Waals surface area contributed by atoms with Gasteiger partial charge in [0.2, 0.25) is 0 Å². The second kappa shape index (κ2) is 3.07. The van der Waals surface area contributed by atoms with E-state index in [0.717, 1.165) is 17.3 Å². The van der Waals surface area contributed by atoms with Crippen molar-refractivity contribution in [3.63, 3.8) is 0 Å². The largest absolute Gasteiger partial charge is 0.395 e. The zero-order valence-corrected chi connectivity index (χ0v) is 8.64. The van der Waals surface area contributed by atoms with Gasteiger partial charge in [0.1, 0.15) is 5.82 Å². The van der Waals surface area contributed by atoms with Gasteiger partial charge in [0.25, 0.3) is 0 Å². The Hall–Kier alpha value is -0.410. The first-order chi connectivity index (χ1) is 6.19. The normalized spacial score (nSPS) is 18.7. The molecule has 1 aromatic carbocycles. The van der Waals surface area contributed by atoms with Crippen LogP contribution >= 0.6 is 15.9 Å². The molecule has 13 heavy (non-hydrogen) atoms. The Kier molecular flexibility index (Phi) is 2.16. The third-order valence-corrected chi connectivity index (χ3v) is 3.31. The number of hydrogen-bond donors (Lipinski definition) is 1. The topological polar surface area (TPSA) is 20.2 Å². The number of aliphatic hydroxyl groups is 1. The fourth-order valence-corrected chi connectivity index (χ4v) is 2.41. The molecule has 1 aliphatic rings. The van der Waals surface area contributed by atoms with Crippen LogP contribution in [0.2, 0.25) is 0 Å². The highest BCUT2D eigenvalue weighted by atomic mass is 79.9. The summed E-state index contributed by atoms with van der Waals surface area (Å²) < 4.78 is 14.2. The molecule has 0 atom stereocenters. The van der Waals surface area contributed by atoms with E-state index in [-0.39, 0.29) is 17.8 Å². The van der Waals surface area contributed by atoms with Crippen LogP contribution in [0.25, 0.3) is 0 Å². The van der Waals surface area contributed by atoms with E-state index in [4.69, 9.17) is 0 Å². The summed E-state index contributed by atoms with van der Waals surface area (Å²) in [6.45, 7) is 0.0343. The zero-order valence-electron chi connectivity index (χ0n) is 7.06. The summed E-state index contributed by atoms with van der Waals surface area (Å²) in [5.74, 6) is -0.221. The van der Waals surface area contributed by atoms with Gasteiger partial charge < -0.3 is 5.11 Å². The van der Waals surface area contributed by atoms with Gasteiger partial charge in [-0.3, -0.25) is 0 Å². The zero-order chi connectivity index (χ0) is 9.47. The quantitative estimate of drug-likeness (QED) is 0.849. The Morgan fingerprint density at radius 2 is 2.15 bits per heavy atom. The lowest BCUT2D eigenvalue weighted by molar-refractivity contribution is 0.251. The van der Waals surface area contributed by atoms with Crippen molar-refractivity contribution in [1.29, 1.82) is 0 Å². The van der Waals surface area contributed by atoms with Gasteiger partial charge in [0, 0.05) is 15.5 Å². The second-order valence-corrected chi connectivity index (χ2v) is 4.39. The fourth-order valence-electron chi connectivity index (χ4n) is 1.64. The lowest BCUT2D eigenvalue weighted by Crippen LogP contribution is -2.14. The van der Waals surface area contributed by atoms with Crippen LogP contribution in [0, 0.1) is 5.82 Å². The number of benzene rings is 1. The lowest BCUT2D eigenvalue weighted by atomic mass is 9.96. The van der Waals surface area contributed by atoms with Crippen molar-refractivity contribution in [1.82, 2.24) is 0 Å². The minimum Gasteiger partial charge on any atom is -0.395 e. The van der Waals surface area contributed by atoms with E-state index in [1.807, 2.05) is 6.07 Å². The molecule has 2 rings (SSSR count). The van der Waals surface area contributed by atoms with Gasteiger partial charge in [-0.05, 0) is 25.0 Å². The van der Waals surface area contributed by atoms with Crippen molar-refractivity contribution >= 4 is 15.9 Å². The van der Waals surface area contributed by atoms with Gasteiger partial charge in [-0.2, -0.15) is 0 Å². The van der Waals surface area contributed by atoms with Crippen LogP contribution in [0.3, 0.4) is 0 Å². The monoisotopic (exact) mass is 244 g/mol. The molecule has 0 unspecified atom stereocenters. The van der Waals surface area contributed by atoms with Crippen molar-refractivity contribution in [2.24, 2.45) is 0 Å². The summed E-state index contributed by atoms with van der Waals surface area (Å²) in [7, 11) is 0. The smallest absolute Gasteiger partial charge is 0.128 e. The Balaban J connectivity index is 2.50. The summed E-state index contributed by atoms with van der Waals surface area (Å²) >= 11 is 3.31. The van der Waals surface area contributed by atoms with Crippen LogP contribution < -0.4 is 0 Å². The molecule has 1 aromatic rings. The molecule has 0 spiro atoms. The summed E-state index contributed by atoms with van der Waals surface area (Å²) in [6.07, 6.45) is 1.76. The predicted octanol–water partition coefficient (Wildman–Crippen LogP) is 2.61. The van der Waals surface area contributed by atoms with Crippen molar-refractivity contribution in [3.8, 4) is 0 Å². The summed E-state index contributed by atoms with van der Waals surface area (Å²) in [6, 6.07) is 4.92. The van der Waals surface area contributed by atoms with E-state index in [1.165, 1.54) is 6.07 Å². The van der Waals surface area contributed by atoms with Crippen LogP contribution in [0.1, 0.15) is 18.4 Å². The number of aliphatic hydroxyl groups excluding tert-OH is 1. The van der Waals surface area contributed by atoms with Gasteiger partial charge >= 0.3 is 0 Å². The maximum Gasteiger partial charge on any atom is 0.128 e. The van der Waals surface area contributed by atoms with Crippen molar-refractivity contribution in [2.75, 3.05) is 6.61 Å². The Morgan fingerprint density at radius 1 is 1.46 bits per heavy atom. The van der Waals surface area contributed by atoms with E-state index in [1.54, 1.807) is 6.07 Å². The van der Waals surface area contributed by atoms with Crippen LogP contribution in [0.5, 0.6) is 0 Å². The molecule has 0 aliphatic heterocycles. The molecule has 3 heteroatoms. The molecule has 1 aliphatic carbocycles. The fraction of sp³-hybridized carbons (Fsp3) is 0.400. The van der Waals surface area contributed by atoms with Gasteiger partial charge in [-0.15, -0.1) is 0 Å². The van der Waals surface area contributed by atoms with E-state index in [2.05, 4.69) is 15.9 Å². The minimum atomic E-state index is -0.301. The first-order valence-electron chi connectivity index (χ1n) is 4.25. The van der Waals surface area contributed by atoms with Gasteiger partial charge in [0.05, 0.1) is 6.61 Å². The standard InChI is InChI=1S/C10H10BrFO/c11-7-2-1-3-8(12)9(7)10(6-13)4-5-10/h1-3,13H,4-6H2. The Labute approximate surface area is 84.7 Å². The predicted molar refractivity (Wildman–Crippen MR) is 52.1 cm³/mol. The van der Waals surface area contributed by atoms with Crippen LogP contribution in [0.4, 0.5) is 4.39 Å². The molecule has 0 saturated heterocycles. The van der Waals surface area contributed by atoms with Crippen LogP contribution in [-0.4, -0.2) is 11.7 Å². The minimum absolute atomic E-state index is 0.0343. The van der Waals surface area contributed by atoms with Crippen LogP contribution in [0.15, 0.2) is 22.7 Å². The molecule has 0 radical (unpaired) electrons. The van der Waals surface area contributed by atoms with Crippen LogP contribution in [-0.2, 0) is 5.41 Å². The highest BCUT2D eigenvalue weighted by Gasteiger charge is 2.46. The van der Waals surface area contributed by atoms with Crippen molar-refractivity contribution < 1.29 is 9.50 Å². The number of rotatable bonds is 2. The maximum absolute atomic E-state index is 13.4. The first-order valence-corrected chi connectivity index (χ1v) is 5.04. The molecule has 1 fully saturated rings. The van der Waals surface area contributed by atoms with Crippen molar-refractivity contribution in [3.05, 3.63) is 34.1 Å². The highest BCUT2D eigenvalue weighted by molar-refractivity contribution is 9.10. The van der Waals surface area contributed by atoms with E-state index in [0.29, 0.717) is 5.56 Å². The first kappa shape index (κ1) is 9.16. The average Bonchev–Trinajstić information content (AvgIpc) is 2.85. The molecule has 1 nitrogen and oxygen atoms in total. The second-order valence-electron chi connectivity index (χ2n) is 3.54. The third-order valence-electron chi connectivity index (χ3n) is 2.65. The van der Waals surface area contributed by atoms with E-state index < -0.39 is 0 Å². The van der Waals surface area contributed by atoms with Gasteiger partial charge in [-0.25, -0.2) is 4.39 Å². The van der Waals surface area contributed by atoms with Gasteiger partial charge in [0.15, 0.2) is 0 Å². The maximum atomic E-state index is 13.4. The molecule has 1 saturated carbocycles. The molecular formula is C10H10BrFO. The van der Waals surface area contributed by atoms with E-state index in [9.17, 15) is 9.50 Å². The highest BCUT2D eigenvalue weighted by Crippen LogP contribution is 2.50. The number of hydrogen-bond acceptors (Lipinski definition) is 1. The molecule has 0 bridgehead atoms. The summed E-state index contributed by atoms with van der Waals surface area (Å²) in [4.78, 5) is 0. The molecular weight excluding hydrogens is 235 g/mol. The lowest BCUT2D eigenvalue weighted by Gasteiger charge is -2.14. The molecule has 70 valence electrons. The van der Waals surface area contributed by atoms with E-state index >= 15 is 0 Å². The SMILES string of the molecule is OCC1(c2c(F)cccc2Br)CC1. The summed E-state index contributed by atoms with van der Waals surface area (Å²) in [5.41, 5.74) is 0.335. The van der Waals surface area contributed by atoms with Gasteiger partial charge in [-0.1, -0.05) is 22.0 Å². The average molecular weight is 245 g/mol. The molecule has 0 aromatic heterocycles. The Morgan fingerprint density at radius 3 is 2.62 bits per heavy atom. The molecule has 0 amide bonds. The number of halogens is 2. The summed E-state index contributed by atoms with van der Waals surface area (Å²) in [5, 5.41) is 9.17. The molecule has 0 heterocycles.